The van der Waals surface area contributed by atoms with Crippen LogP contribution in [0.4, 0.5) is 5.69 Å². The summed E-state index contributed by atoms with van der Waals surface area (Å²) in [7, 11) is -3.98. The molecule has 0 spiro atoms. The third kappa shape index (κ3) is 4.39. The zero-order valence-electron chi connectivity index (χ0n) is 19.4. The van der Waals surface area contributed by atoms with Crippen molar-refractivity contribution in [2.75, 3.05) is 5.32 Å². The number of anilines is 1. The molecule has 0 bridgehead atoms. The number of carbonyl (C=O) groups is 1. The summed E-state index contributed by atoms with van der Waals surface area (Å²) in [6, 6.07) is 16.2. The molecule has 1 aliphatic rings. The van der Waals surface area contributed by atoms with Crippen LogP contribution in [0.15, 0.2) is 75.7 Å². The van der Waals surface area contributed by atoms with E-state index in [0.29, 0.717) is 22.4 Å². The van der Waals surface area contributed by atoms with E-state index in [2.05, 4.69) is 9.71 Å². The highest BCUT2D eigenvalue weighted by Gasteiger charge is 2.27. The normalized spacial score (nSPS) is 14.8. The monoisotopic (exact) mass is 458 g/mol. The number of nitrogens with zero attached hydrogens (tertiary/aromatic N) is 1. The Balaban J connectivity index is 1.86. The van der Waals surface area contributed by atoms with E-state index in [0.717, 1.165) is 27.9 Å². The smallest absolute Gasteiger partial charge is 0.283 e. The number of sulfonamides is 1. The Morgan fingerprint density at radius 2 is 1.36 bits per heavy atom. The van der Waals surface area contributed by atoms with Crippen LogP contribution < -0.4 is 5.32 Å². The molecule has 0 aliphatic heterocycles. The number of hydrogen-bond donors (Lipinski definition) is 1. The van der Waals surface area contributed by atoms with Gasteiger partial charge in [-0.1, -0.05) is 59.7 Å². The average Bonchev–Trinajstić information content (AvgIpc) is 2.73. The first-order chi connectivity index (χ1) is 15.6. The van der Waals surface area contributed by atoms with Crippen LogP contribution >= 0.6 is 0 Å². The number of ketones is 1. The van der Waals surface area contributed by atoms with Crippen molar-refractivity contribution in [2.45, 2.75) is 39.5 Å². The number of rotatable bonds is 4. The minimum atomic E-state index is -3.98. The number of fused-ring (bicyclic) bond motifs is 1. The van der Waals surface area contributed by atoms with Gasteiger partial charge in [-0.15, -0.1) is 0 Å². The van der Waals surface area contributed by atoms with E-state index in [1.807, 2.05) is 45.9 Å². The molecular weight excluding hydrogens is 432 g/mol. The van der Waals surface area contributed by atoms with E-state index < -0.39 is 10.0 Å². The lowest BCUT2D eigenvalue weighted by atomic mass is 9.92. The molecule has 1 aliphatic carbocycles. The standard InChI is InChI=1S/C27H26N2O3S/c1-16-10-11-25(18(3)12-16)33(31,32)29-23-15-24(27(30)22-9-7-6-8-21(22)23)28-26-19(4)13-17(2)14-20(26)5/h6-15,28H,1-5H3/b29-23-. The molecule has 0 unspecified atom stereocenters. The molecule has 168 valence electrons. The van der Waals surface area contributed by atoms with Crippen LogP contribution in [-0.2, 0) is 10.0 Å². The van der Waals surface area contributed by atoms with Crippen LogP contribution in [0.1, 0.15) is 43.7 Å². The van der Waals surface area contributed by atoms with Crippen molar-refractivity contribution in [3.63, 3.8) is 0 Å². The fourth-order valence-corrected chi connectivity index (χ4v) is 5.49. The van der Waals surface area contributed by atoms with Crippen LogP contribution in [0.5, 0.6) is 0 Å². The summed E-state index contributed by atoms with van der Waals surface area (Å²) < 4.78 is 30.6. The molecule has 0 heterocycles. The number of Topliss-reactive ketones (excluding diaryl/α,β-unsaturated/α-hetero) is 1. The van der Waals surface area contributed by atoms with Crippen LogP contribution in [0.2, 0.25) is 0 Å². The highest BCUT2D eigenvalue weighted by Crippen LogP contribution is 2.29. The van der Waals surface area contributed by atoms with Crippen LogP contribution in [0.3, 0.4) is 0 Å². The summed E-state index contributed by atoms with van der Waals surface area (Å²) >= 11 is 0. The van der Waals surface area contributed by atoms with E-state index in [9.17, 15) is 13.2 Å². The lowest BCUT2D eigenvalue weighted by Crippen LogP contribution is -2.23. The summed E-state index contributed by atoms with van der Waals surface area (Å²) in [6.07, 6.45) is 1.53. The van der Waals surface area contributed by atoms with Gasteiger partial charge in [0.15, 0.2) is 0 Å². The SMILES string of the molecule is Cc1ccc(S(=O)(=O)/N=C2/C=C(Nc3c(C)cc(C)cc3C)C(=O)c3ccccc32)c(C)c1. The van der Waals surface area contributed by atoms with Gasteiger partial charge in [-0.25, -0.2) is 0 Å². The second kappa shape index (κ2) is 8.45. The Bertz CT molecular complexity index is 1440. The van der Waals surface area contributed by atoms with Gasteiger partial charge in [0.25, 0.3) is 10.0 Å². The summed E-state index contributed by atoms with van der Waals surface area (Å²) in [5, 5.41) is 3.25. The molecule has 0 fully saturated rings. The average molecular weight is 459 g/mol. The Kier molecular flexibility index (Phi) is 5.80. The predicted octanol–water partition coefficient (Wildman–Crippen LogP) is 5.60. The quantitative estimate of drug-likeness (QED) is 0.552. The van der Waals surface area contributed by atoms with Crippen LogP contribution in [0.25, 0.3) is 0 Å². The van der Waals surface area contributed by atoms with Crippen LogP contribution in [-0.4, -0.2) is 19.9 Å². The molecule has 5 nitrogen and oxygen atoms in total. The van der Waals surface area contributed by atoms with Crippen molar-refractivity contribution in [2.24, 2.45) is 4.40 Å². The first-order valence-corrected chi connectivity index (χ1v) is 12.1. The van der Waals surface area contributed by atoms with Crippen molar-refractivity contribution in [3.8, 4) is 0 Å². The molecule has 0 atom stereocenters. The fraction of sp³-hybridized carbons (Fsp3) is 0.185. The predicted molar refractivity (Wildman–Crippen MR) is 133 cm³/mol. The number of carbonyl (C=O) groups excluding carboxylic acids is 1. The minimum Gasteiger partial charge on any atom is -0.352 e. The lowest BCUT2D eigenvalue weighted by Gasteiger charge is -2.21. The molecule has 0 amide bonds. The van der Waals surface area contributed by atoms with Crippen molar-refractivity contribution in [3.05, 3.63) is 105 Å². The zero-order chi connectivity index (χ0) is 23.9. The number of benzene rings is 3. The molecular formula is C27H26N2O3S. The first kappa shape index (κ1) is 22.7. The second-order valence-electron chi connectivity index (χ2n) is 8.55. The van der Waals surface area contributed by atoms with Gasteiger partial charge in [0.2, 0.25) is 5.78 Å². The summed E-state index contributed by atoms with van der Waals surface area (Å²) in [5.41, 5.74) is 7.01. The summed E-state index contributed by atoms with van der Waals surface area (Å²) in [6.45, 7) is 9.64. The zero-order valence-corrected chi connectivity index (χ0v) is 20.2. The molecule has 0 saturated heterocycles. The van der Waals surface area contributed by atoms with Gasteiger partial charge in [-0.2, -0.15) is 12.8 Å². The van der Waals surface area contributed by atoms with Crippen molar-refractivity contribution in [1.29, 1.82) is 0 Å². The molecule has 0 aromatic heterocycles. The number of allylic oxidation sites excluding steroid dienone is 2. The number of nitrogens with one attached hydrogen (secondary N) is 1. The second-order valence-corrected chi connectivity index (χ2v) is 10.1. The molecule has 33 heavy (non-hydrogen) atoms. The van der Waals surface area contributed by atoms with Gasteiger partial charge in [0.05, 0.1) is 16.3 Å². The van der Waals surface area contributed by atoms with Crippen molar-refractivity contribution in [1.82, 2.24) is 0 Å². The highest BCUT2D eigenvalue weighted by atomic mass is 32.2. The number of aryl methyl sites for hydroxylation is 5. The molecule has 0 radical (unpaired) electrons. The summed E-state index contributed by atoms with van der Waals surface area (Å²) in [5.74, 6) is -0.201. The molecule has 1 N–H and O–H groups in total. The maximum Gasteiger partial charge on any atom is 0.283 e. The topological polar surface area (TPSA) is 75.6 Å². The molecule has 0 saturated carbocycles. The highest BCUT2D eigenvalue weighted by molar-refractivity contribution is 7.90. The third-order valence-corrected chi connectivity index (χ3v) is 7.19. The minimum absolute atomic E-state index is 0.156. The third-order valence-electron chi connectivity index (χ3n) is 5.74. The summed E-state index contributed by atoms with van der Waals surface area (Å²) in [4.78, 5) is 13.4. The van der Waals surface area contributed by atoms with E-state index >= 15 is 0 Å². The van der Waals surface area contributed by atoms with Gasteiger partial charge in [0.1, 0.15) is 0 Å². The van der Waals surface area contributed by atoms with Crippen molar-refractivity contribution < 1.29 is 13.2 Å². The Hall–Kier alpha value is -3.51. The van der Waals surface area contributed by atoms with Gasteiger partial charge >= 0.3 is 0 Å². The Morgan fingerprint density at radius 1 is 0.758 bits per heavy atom. The fourth-order valence-electron chi connectivity index (χ4n) is 4.28. The Labute approximate surface area is 195 Å². The van der Waals surface area contributed by atoms with Crippen LogP contribution in [0, 0.1) is 34.6 Å². The van der Waals surface area contributed by atoms with E-state index in [-0.39, 0.29) is 16.4 Å². The largest absolute Gasteiger partial charge is 0.352 e. The van der Waals surface area contributed by atoms with E-state index in [4.69, 9.17) is 0 Å². The Morgan fingerprint density at radius 3 is 2.00 bits per heavy atom. The van der Waals surface area contributed by atoms with Gasteiger partial charge in [0, 0.05) is 16.8 Å². The first-order valence-electron chi connectivity index (χ1n) is 10.7. The van der Waals surface area contributed by atoms with Gasteiger partial charge in [-0.05, 0) is 63.5 Å². The molecule has 4 rings (SSSR count). The van der Waals surface area contributed by atoms with Crippen molar-refractivity contribution >= 4 is 27.2 Å². The lowest BCUT2D eigenvalue weighted by molar-refractivity contribution is 0.103. The maximum absolute atomic E-state index is 13.2. The number of hydrogen-bond acceptors (Lipinski definition) is 4. The van der Waals surface area contributed by atoms with E-state index in [1.165, 1.54) is 6.08 Å². The molecule has 6 heteroatoms. The van der Waals surface area contributed by atoms with Gasteiger partial charge in [-0.3, -0.25) is 4.79 Å². The molecule has 3 aromatic rings. The van der Waals surface area contributed by atoms with Gasteiger partial charge < -0.3 is 5.32 Å². The molecule has 3 aromatic carbocycles. The van der Waals surface area contributed by atoms with E-state index in [1.54, 1.807) is 43.3 Å². The maximum atomic E-state index is 13.2.